The summed E-state index contributed by atoms with van der Waals surface area (Å²) in [4.78, 5) is 0. The predicted octanol–water partition coefficient (Wildman–Crippen LogP) is 5.13. The summed E-state index contributed by atoms with van der Waals surface area (Å²) in [6.07, 6.45) is 0. The van der Waals surface area contributed by atoms with Gasteiger partial charge in [-0.05, 0) is 29.2 Å². The molecule has 0 spiro atoms. The van der Waals surface area contributed by atoms with Gasteiger partial charge in [-0.3, -0.25) is 0 Å². The van der Waals surface area contributed by atoms with Gasteiger partial charge in [-0.25, -0.2) is 0 Å². The molecule has 2 aromatic rings. The summed E-state index contributed by atoms with van der Waals surface area (Å²) in [6.45, 7) is 4.51. The van der Waals surface area contributed by atoms with Gasteiger partial charge in [-0.2, -0.15) is 0 Å². The van der Waals surface area contributed by atoms with Gasteiger partial charge in [0.2, 0.25) is 0 Å². The number of hydrogen-bond donors (Lipinski definition) is 0. The van der Waals surface area contributed by atoms with Crippen molar-refractivity contribution in [3.05, 3.63) is 70.7 Å². The molecule has 1 heteroatoms. The van der Waals surface area contributed by atoms with Crippen LogP contribution in [-0.4, -0.2) is 0 Å². The summed E-state index contributed by atoms with van der Waals surface area (Å²) in [5, 5.41) is 0.796. The summed E-state index contributed by atoms with van der Waals surface area (Å²) < 4.78 is 0. The van der Waals surface area contributed by atoms with E-state index in [1.54, 1.807) is 0 Å². The van der Waals surface area contributed by atoms with Gasteiger partial charge in [-0.1, -0.05) is 67.9 Å². The van der Waals surface area contributed by atoms with Crippen molar-refractivity contribution in [1.82, 2.24) is 0 Å². The Kier molecular flexibility index (Phi) is 3.86. The fraction of sp³-hybridized carbons (Fsp3) is 0.250. The SMILES string of the molecule is CC(C)[C@@H](c1ccccc1)c1ccc(Cl)cc1. The fourth-order valence-electron chi connectivity index (χ4n) is 2.29. The van der Waals surface area contributed by atoms with Crippen molar-refractivity contribution in [2.75, 3.05) is 0 Å². The van der Waals surface area contributed by atoms with Crippen LogP contribution in [0.2, 0.25) is 5.02 Å². The highest BCUT2D eigenvalue weighted by Gasteiger charge is 2.17. The molecule has 0 aliphatic carbocycles. The van der Waals surface area contributed by atoms with Crippen molar-refractivity contribution in [3.8, 4) is 0 Å². The number of halogens is 1. The molecule has 0 bridgehead atoms. The topological polar surface area (TPSA) is 0 Å². The molecule has 1 atom stereocenters. The molecule has 88 valence electrons. The lowest BCUT2D eigenvalue weighted by Crippen LogP contribution is -2.08. The predicted molar refractivity (Wildman–Crippen MR) is 74.6 cm³/mol. The van der Waals surface area contributed by atoms with Crippen LogP contribution in [0.15, 0.2) is 54.6 Å². The summed E-state index contributed by atoms with van der Waals surface area (Å²) in [7, 11) is 0. The van der Waals surface area contributed by atoms with Gasteiger partial charge < -0.3 is 0 Å². The maximum absolute atomic E-state index is 5.94. The molecule has 0 unspecified atom stereocenters. The average molecular weight is 245 g/mol. The zero-order valence-electron chi connectivity index (χ0n) is 10.2. The fourth-order valence-corrected chi connectivity index (χ4v) is 2.42. The van der Waals surface area contributed by atoms with Crippen LogP contribution < -0.4 is 0 Å². The van der Waals surface area contributed by atoms with Crippen molar-refractivity contribution in [1.29, 1.82) is 0 Å². The molecule has 0 radical (unpaired) electrons. The van der Waals surface area contributed by atoms with E-state index in [0.717, 1.165) is 5.02 Å². The molecule has 0 fully saturated rings. The van der Waals surface area contributed by atoms with Crippen molar-refractivity contribution in [2.45, 2.75) is 19.8 Å². The standard InChI is InChI=1S/C16H17Cl/c1-12(2)16(13-6-4-3-5-7-13)14-8-10-15(17)11-9-14/h3-12,16H,1-2H3/t16-/m0/s1. The molecule has 0 N–H and O–H groups in total. The normalized spacial score (nSPS) is 12.7. The molecule has 0 heterocycles. The van der Waals surface area contributed by atoms with Crippen LogP contribution in [0.1, 0.15) is 30.9 Å². The van der Waals surface area contributed by atoms with Gasteiger partial charge in [0.1, 0.15) is 0 Å². The first-order valence-electron chi connectivity index (χ1n) is 5.99. The van der Waals surface area contributed by atoms with E-state index in [0.29, 0.717) is 11.8 Å². The second-order valence-electron chi connectivity index (χ2n) is 4.68. The van der Waals surface area contributed by atoms with Crippen LogP contribution in [0, 0.1) is 5.92 Å². The van der Waals surface area contributed by atoms with E-state index in [1.165, 1.54) is 11.1 Å². The van der Waals surface area contributed by atoms with Gasteiger partial charge >= 0.3 is 0 Å². The smallest absolute Gasteiger partial charge is 0.0406 e. The monoisotopic (exact) mass is 244 g/mol. The van der Waals surface area contributed by atoms with Crippen molar-refractivity contribution in [3.63, 3.8) is 0 Å². The van der Waals surface area contributed by atoms with E-state index in [-0.39, 0.29) is 0 Å². The maximum atomic E-state index is 5.94. The molecule has 0 nitrogen and oxygen atoms in total. The van der Waals surface area contributed by atoms with Gasteiger partial charge in [0.25, 0.3) is 0 Å². The van der Waals surface area contributed by atoms with Gasteiger partial charge in [0.15, 0.2) is 0 Å². The zero-order valence-corrected chi connectivity index (χ0v) is 11.0. The summed E-state index contributed by atoms with van der Waals surface area (Å²) in [5.41, 5.74) is 2.69. The van der Waals surface area contributed by atoms with Crippen LogP contribution in [0.4, 0.5) is 0 Å². The zero-order chi connectivity index (χ0) is 12.3. The molecule has 0 aliphatic rings. The molecule has 0 saturated carbocycles. The first-order chi connectivity index (χ1) is 8.18. The lowest BCUT2D eigenvalue weighted by atomic mass is 9.83. The van der Waals surface area contributed by atoms with Crippen molar-refractivity contribution >= 4 is 11.6 Å². The Hall–Kier alpha value is -1.27. The van der Waals surface area contributed by atoms with Crippen LogP contribution >= 0.6 is 11.6 Å². The van der Waals surface area contributed by atoms with Crippen LogP contribution in [-0.2, 0) is 0 Å². The van der Waals surface area contributed by atoms with Crippen LogP contribution in [0.3, 0.4) is 0 Å². The van der Waals surface area contributed by atoms with Crippen LogP contribution in [0.5, 0.6) is 0 Å². The Labute approximate surface area is 108 Å². The molecule has 0 saturated heterocycles. The molecule has 0 amide bonds. The molecule has 2 rings (SSSR count). The number of rotatable bonds is 3. The summed E-state index contributed by atoms with van der Waals surface area (Å²) in [6, 6.07) is 18.8. The Morgan fingerprint density at radius 1 is 0.765 bits per heavy atom. The third-order valence-corrected chi connectivity index (χ3v) is 3.31. The molecule has 2 aromatic carbocycles. The van der Waals surface area contributed by atoms with E-state index in [2.05, 4.69) is 56.3 Å². The lowest BCUT2D eigenvalue weighted by Gasteiger charge is -2.22. The minimum absolute atomic E-state index is 0.438. The second kappa shape index (κ2) is 5.37. The highest BCUT2D eigenvalue weighted by atomic mass is 35.5. The van der Waals surface area contributed by atoms with Crippen molar-refractivity contribution < 1.29 is 0 Å². The Morgan fingerprint density at radius 2 is 1.29 bits per heavy atom. The minimum atomic E-state index is 0.438. The molecule has 0 aliphatic heterocycles. The summed E-state index contributed by atoms with van der Waals surface area (Å²) in [5.74, 6) is 1.01. The van der Waals surface area contributed by atoms with Gasteiger partial charge in [-0.15, -0.1) is 0 Å². The Morgan fingerprint density at radius 3 is 1.82 bits per heavy atom. The number of hydrogen-bond acceptors (Lipinski definition) is 0. The van der Waals surface area contributed by atoms with E-state index in [4.69, 9.17) is 11.6 Å². The quantitative estimate of drug-likeness (QED) is 0.702. The molecular formula is C16H17Cl. The van der Waals surface area contributed by atoms with Gasteiger partial charge in [0, 0.05) is 10.9 Å². The molecule has 0 aromatic heterocycles. The van der Waals surface area contributed by atoms with E-state index >= 15 is 0 Å². The maximum Gasteiger partial charge on any atom is 0.0406 e. The second-order valence-corrected chi connectivity index (χ2v) is 5.12. The highest BCUT2D eigenvalue weighted by molar-refractivity contribution is 6.30. The highest BCUT2D eigenvalue weighted by Crippen LogP contribution is 2.32. The third-order valence-electron chi connectivity index (χ3n) is 3.05. The molecule has 17 heavy (non-hydrogen) atoms. The van der Waals surface area contributed by atoms with E-state index in [9.17, 15) is 0 Å². The molecular weight excluding hydrogens is 228 g/mol. The Bertz CT molecular complexity index is 457. The summed E-state index contributed by atoms with van der Waals surface area (Å²) >= 11 is 5.94. The largest absolute Gasteiger partial charge is 0.0843 e. The van der Waals surface area contributed by atoms with Gasteiger partial charge in [0.05, 0.1) is 0 Å². The van der Waals surface area contributed by atoms with Crippen LogP contribution in [0.25, 0.3) is 0 Å². The number of benzene rings is 2. The van der Waals surface area contributed by atoms with E-state index in [1.807, 2.05) is 12.1 Å². The lowest BCUT2D eigenvalue weighted by molar-refractivity contribution is 0.564. The average Bonchev–Trinajstić information content (AvgIpc) is 2.33. The first-order valence-corrected chi connectivity index (χ1v) is 6.36. The Balaban J connectivity index is 2.39. The minimum Gasteiger partial charge on any atom is -0.0843 e. The van der Waals surface area contributed by atoms with Crippen molar-refractivity contribution in [2.24, 2.45) is 5.92 Å². The third kappa shape index (κ3) is 2.89. The first kappa shape index (κ1) is 12.2. The van der Waals surface area contributed by atoms with E-state index < -0.39 is 0 Å².